The third kappa shape index (κ3) is 7.74. The predicted octanol–water partition coefficient (Wildman–Crippen LogP) is 1.43. The summed E-state index contributed by atoms with van der Waals surface area (Å²) in [4.78, 5) is 53.7. The molecule has 12 nitrogen and oxygen atoms in total. The van der Waals surface area contributed by atoms with Gasteiger partial charge in [-0.25, -0.2) is 22.3 Å². The first-order valence-corrected chi connectivity index (χ1v) is 15.9. The average molecular weight is 584 g/mol. The quantitative estimate of drug-likeness (QED) is 0.343. The Balaban J connectivity index is 1.78. The molecule has 1 aliphatic carbocycles. The molecule has 0 spiro atoms. The molecule has 3 rings (SSSR count). The Hall–Kier alpha value is -2.67. The van der Waals surface area contributed by atoms with Crippen LogP contribution in [-0.4, -0.2) is 96.6 Å². The molecule has 1 saturated heterocycles. The Morgan fingerprint density at radius 1 is 1.20 bits per heavy atom. The highest BCUT2D eigenvalue weighted by Crippen LogP contribution is 2.45. The second-order valence-corrected chi connectivity index (χ2v) is 14.6. The van der Waals surface area contributed by atoms with E-state index in [1.165, 1.54) is 16.3 Å². The summed E-state index contributed by atoms with van der Waals surface area (Å²) in [6, 6.07) is -2.83. The van der Waals surface area contributed by atoms with Gasteiger partial charge in [-0.2, -0.15) is 0 Å². The number of amides is 4. The van der Waals surface area contributed by atoms with Crippen molar-refractivity contribution in [2.24, 2.45) is 11.3 Å². The van der Waals surface area contributed by atoms with Gasteiger partial charge in [0.05, 0.1) is 6.26 Å². The van der Waals surface area contributed by atoms with Gasteiger partial charge in [-0.3, -0.25) is 9.59 Å². The molecular formula is C27H45N5O7S. The molecule has 2 heterocycles. The average Bonchev–Trinajstić information content (AvgIpc) is 3.30. The summed E-state index contributed by atoms with van der Waals surface area (Å²) in [6.45, 7) is 6.06. The molecule has 0 aromatic carbocycles. The van der Waals surface area contributed by atoms with Crippen LogP contribution < -0.4 is 16.0 Å². The van der Waals surface area contributed by atoms with Crippen molar-refractivity contribution in [2.75, 3.05) is 26.4 Å². The number of rotatable bonds is 6. The second kappa shape index (κ2) is 12.5. The van der Waals surface area contributed by atoms with Gasteiger partial charge in [-0.1, -0.05) is 45.8 Å². The SMILES string of the molecule is CN(C[C@@H](NC(=O)N[C@H]1CCCCC/C=C\C2C[C@@]2(C(=O)O)NC(=O)[C@@H]2CCCN2C1=O)C(C)(C)C)S(C)(=O)=O. The van der Waals surface area contributed by atoms with E-state index in [2.05, 4.69) is 16.0 Å². The molecule has 4 N–H and O–H groups in total. The van der Waals surface area contributed by atoms with Crippen molar-refractivity contribution >= 4 is 33.8 Å². The van der Waals surface area contributed by atoms with Crippen molar-refractivity contribution < 1.29 is 32.7 Å². The lowest BCUT2D eigenvalue weighted by Gasteiger charge is -2.35. The maximum atomic E-state index is 13.7. The molecule has 4 amide bonds. The van der Waals surface area contributed by atoms with Crippen LogP contribution in [0.25, 0.3) is 0 Å². The Bertz CT molecular complexity index is 1120. The smallest absolute Gasteiger partial charge is 0.330 e. The van der Waals surface area contributed by atoms with Crippen LogP contribution in [0.3, 0.4) is 0 Å². The lowest BCUT2D eigenvalue weighted by molar-refractivity contribution is -0.145. The van der Waals surface area contributed by atoms with E-state index in [1.54, 1.807) is 0 Å². The van der Waals surface area contributed by atoms with E-state index in [0.717, 1.165) is 25.5 Å². The highest BCUT2D eigenvalue weighted by molar-refractivity contribution is 7.88. The lowest BCUT2D eigenvalue weighted by Crippen LogP contribution is -2.59. The summed E-state index contributed by atoms with van der Waals surface area (Å²) in [6.07, 6.45) is 9.72. The Labute approximate surface area is 237 Å². The molecule has 0 aromatic rings. The normalized spacial score (nSPS) is 29.8. The number of fused-ring (bicyclic) bond motifs is 2. The zero-order valence-electron chi connectivity index (χ0n) is 24.2. The van der Waals surface area contributed by atoms with Crippen molar-refractivity contribution in [2.45, 2.75) is 95.8 Å². The van der Waals surface area contributed by atoms with Crippen LogP contribution in [0, 0.1) is 11.3 Å². The molecule has 1 saturated carbocycles. The Morgan fingerprint density at radius 2 is 1.90 bits per heavy atom. The summed E-state index contributed by atoms with van der Waals surface area (Å²) < 4.78 is 25.1. The molecule has 1 unspecified atom stereocenters. The number of aliphatic carboxylic acids is 1. The molecule has 0 aromatic heterocycles. The van der Waals surface area contributed by atoms with Crippen LogP contribution in [0.4, 0.5) is 4.79 Å². The van der Waals surface area contributed by atoms with Gasteiger partial charge in [-0.05, 0) is 43.9 Å². The monoisotopic (exact) mass is 583 g/mol. The molecule has 3 aliphatic rings. The minimum Gasteiger partial charge on any atom is -0.479 e. The Morgan fingerprint density at radius 3 is 2.52 bits per heavy atom. The molecule has 2 fully saturated rings. The first kappa shape index (κ1) is 31.9. The minimum absolute atomic E-state index is 0.0581. The Kier molecular flexibility index (Phi) is 9.92. The van der Waals surface area contributed by atoms with Crippen LogP contribution in [0.5, 0.6) is 0 Å². The van der Waals surface area contributed by atoms with E-state index < -0.39 is 57.0 Å². The van der Waals surface area contributed by atoms with E-state index in [4.69, 9.17) is 0 Å². The van der Waals surface area contributed by atoms with Crippen molar-refractivity contribution in [1.82, 2.24) is 25.2 Å². The van der Waals surface area contributed by atoms with Gasteiger partial charge in [0.2, 0.25) is 21.8 Å². The maximum absolute atomic E-state index is 13.7. The fourth-order valence-electron chi connectivity index (χ4n) is 5.36. The van der Waals surface area contributed by atoms with Gasteiger partial charge >= 0.3 is 12.0 Å². The summed E-state index contributed by atoms with van der Waals surface area (Å²) in [5.41, 5.74) is -1.82. The molecule has 226 valence electrons. The maximum Gasteiger partial charge on any atom is 0.330 e. The third-order valence-electron chi connectivity index (χ3n) is 8.27. The number of nitrogens with zero attached hydrogens (tertiary/aromatic N) is 2. The lowest BCUT2D eigenvalue weighted by atomic mass is 9.87. The number of allylic oxidation sites excluding steroid dienone is 1. The number of likely N-dealkylation sites (N-methyl/N-ethyl adjacent to an activating group) is 1. The standard InChI is InChI=1S/C27H45N5O7S/c1-26(2,3)21(17-31(4)40(5,38)39)29-25(37)28-19-13-10-8-6-7-9-12-18-16-27(18,24(35)36)30-22(33)20-14-11-15-32(20)23(19)34/h9,12,18-21H,6-8,10-11,13-17H2,1-5H3,(H,30,33)(H,35,36)(H2,28,29,37)/b12-9-/t18?,19-,20-,21+,27+/m0/s1. The van der Waals surface area contributed by atoms with Crippen LogP contribution in [0.2, 0.25) is 0 Å². The van der Waals surface area contributed by atoms with Gasteiger partial charge in [-0.15, -0.1) is 0 Å². The predicted molar refractivity (Wildman–Crippen MR) is 150 cm³/mol. The first-order chi connectivity index (χ1) is 18.6. The molecule has 0 bridgehead atoms. The number of carbonyl (C=O) groups excluding carboxylic acids is 3. The second-order valence-electron chi connectivity index (χ2n) is 12.5. The number of urea groups is 1. The van der Waals surface area contributed by atoms with Gasteiger partial charge in [0.25, 0.3) is 0 Å². The van der Waals surface area contributed by atoms with Gasteiger partial charge in [0.1, 0.15) is 17.6 Å². The van der Waals surface area contributed by atoms with Crippen molar-refractivity contribution in [3.63, 3.8) is 0 Å². The number of hydrogen-bond acceptors (Lipinski definition) is 6. The van der Waals surface area contributed by atoms with Crippen molar-refractivity contribution in [3.8, 4) is 0 Å². The topological polar surface area (TPSA) is 165 Å². The third-order valence-corrected chi connectivity index (χ3v) is 9.55. The fourth-order valence-corrected chi connectivity index (χ4v) is 5.78. The number of hydrogen-bond donors (Lipinski definition) is 4. The van der Waals surface area contributed by atoms with Gasteiger partial charge < -0.3 is 26.0 Å². The van der Waals surface area contributed by atoms with E-state index in [9.17, 15) is 32.7 Å². The highest BCUT2D eigenvalue weighted by Gasteiger charge is 2.61. The zero-order chi connectivity index (χ0) is 29.9. The molecule has 13 heteroatoms. The van der Waals surface area contributed by atoms with Gasteiger partial charge in [0, 0.05) is 32.1 Å². The van der Waals surface area contributed by atoms with Crippen LogP contribution >= 0.6 is 0 Å². The largest absolute Gasteiger partial charge is 0.479 e. The van der Waals surface area contributed by atoms with Crippen molar-refractivity contribution in [1.29, 1.82) is 0 Å². The van der Waals surface area contributed by atoms with E-state index in [1.807, 2.05) is 32.9 Å². The molecule has 5 atom stereocenters. The zero-order valence-corrected chi connectivity index (χ0v) is 25.1. The van der Waals surface area contributed by atoms with Crippen LogP contribution in [-0.2, 0) is 24.4 Å². The number of nitrogens with one attached hydrogen (secondary N) is 3. The number of carbonyl (C=O) groups is 4. The summed E-state index contributed by atoms with van der Waals surface area (Å²) in [5, 5.41) is 18.2. The summed E-state index contributed by atoms with van der Waals surface area (Å²) in [7, 11) is -2.02. The number of sulfonamides is 1. The van der Waals surface area contributed by atoms with Crippen molar-refractivity contribution in [3.05, 3.63) is 12.2 Å². The first-order valence-electron chi connectivity index (χ1n) is 14.1. The molecule has 40 heavy (non-hydrogen) atoms. The minimum atomic E-state index is -3.47. The molecular weight excluding hydrogens is 538 g/mol. The van der Waals surface area contributed by atoms with E-state index >= 15 is 0 Å². The van der Waals surface area contributed by atoms with E-state index in [0.29, 0.717) is 38.6 Å². The fraction of sp³-hybridized carbons (Fsp3) is 0.778. The summed E-state index contributed by atoms with van der Waals surface area (Å²) in [5.74, 6) is -2.22. The number of carboxylic acids is 1. The molecule has 2 aliphatic heterocycles. The number of carboxylic acid groups (broad SMARTS) is 1. The highest BCUT2D eigenvalue weighted by atomic mass is 32.2. The summed E-state index contributed by atoms with van der Waals surface area (Å²) >= 11 is 0. The van der Waals surface area contributed by atoms with Crippen LogP contribution in [0.1, 0.15) is 72.1 Å². The molecule has 0 radical (unpaired) electrons. The van der Waals surface area contributed by atoms with Gasteiger partial charge in [0.15, 0.2) is 0 Å². The van der Waals surface area contributed by atoms with Crippen LogP contribution in [0.15, 0.2) is 12.2 Å². The van der Waals surface area contributed by atoms with E-state index in [-0.39, 0.29) is 18.4 Å².